The van der Waals surface area contributed by atoms with E-state index in [1.165, 1.54) is 0 Å². The zero-order valence-corrected chi connectivity index (χ0v) is 17.6. The molecule has 0 aliphatic heterocycles. The molecule has 1 atom stereocenters. The van der Waals surface area contributed by atoms with Crippen molar-refractivity contribution in [3.05, 3.63) is 70.7 Å². The fourth-order valence-corrected chi connectivity index (χ4v) is 3.27. The van der Waals surface area contributed by atoms with Crippen LogP contribution < -0.4 is 10.6 Å². The average Bonchev–Trinajstić information content (AvgIpc) is 2.71. The number of carbonyl (C=O) groups excluding carboxylic acids is 2. The van der Waals surface area contributed by atoms with Gasteiger partial charge < -0.3 is 10.6 Å². The van der Waals surface area contributed by atoms with Gasteiger partial charge in [-0.05, 0) is 37.6 Å². The maximum atomic E-state index is 12.5. The molecule has 2 amide bonds. The summed E-state index contributed by atoms with van der Waals surface area (Å²) in [5.74, 6) is -0.487. The van der Waals surface area contributed by atoms with Gasteiger partial charge in [-0.15, -0.1) is 0 Å². The highest BCUT2D eigenvalue weighted by Gasteiger charge is 2.21. The Hall–Kier alpha value is -2.60. The second-order valence-electron chi connectivity index (χ2n) is 6.76. The molecule has 0 fully saturated rings. The molecule has 0 aliphatic rings. The first-order chi connectivity index (χ1) is 13.9. The zero-order chi connectivity index (χ0) is 21.0. The number of carbonyl (C=O) groups is 2. The number of nitrogens with one attached hydrogen (secondary N) is 2. The summed E-state index contributed by atoms with van der Waals surface area (Å²) in [6.45, 7) is 1.78. The van der Waals surface area contributed by atoms with Crippen molar-refractivity contribution < 1.29 is 9.59 Å². The average molecular weight is 430 g/mol. The van der Waals surface area contributed by atoms with Gasteiger partial charge in [0.15, 0.2) is 0 Å². The van der Waals surface area contributed by atoms with Crippen molar-refractivity contribution >= 4 is 57.2 Å². The summed E-state index contributed by atoms with van der Waals surface area (Å²) in [5.41, 5.74) is 1.17. The Morgan fingerprint density at radius 2 is 1.59 bits per heavy atom. The first-order valence-electron chi connectivity index (χ1n) is 9.09. The third kappa shape index (κ3) is 5.07. The van der Waals surface area contributed by atoms with Gasteiger partial charge in [0, 0.05) is 11.1 Å². The normalized spacial score (nSPS) is 12.0. The van der Waals surface area contributed by atoms with E-state index in [2.05, 4.69) is 10.6 Å². The van der Waals surface area contributed by atoms with Gasteiger partial charge in [0.2, 0.25) is 11.8 Å². The van der Waals surface area contributed by atoms with Gasteiger partial charge in [0.05, 0.1) is 28.3 Å². The van der Waals surface area contributed by atoms with Crippen LogP contribution in [0, 0.1) is 0 Å². The molecule has 1 unspecified atom stereocenters. The smallest absolute Gasteiger partial charge is 0.241 e. The summed E-state index contributed by atoms with van der Waals surface area (Å²) in [4.78, 5) is 26.7. The summed E-state index contributed by atoms with van der Waals surface area (Å²) >= 11 is 12.1. The van der Waals surface area contributed by atoms with Gasteiger partial charge in [-0.25, -0.2) is 0 Å². The van der Waals surface area contributed by atoms with Crippen LogP contribution in [0.3, 0.4) is 0 Å². The van der Waals surface area contributed by atoms with Crippen molar-refractivity contribution in [2.24, 2.45) is 0 Å². The highest BCUT2D eigenvalue weighted by molar-refractivity contribution is 6.44. The number of amides is 2. The highest BCUT2D eigenvalue weighted by Crippen LogP contribution is 2.29. The Morgan fingerprint density at radius 3 is 2.38 bits per heavy atom. The zero-order valence-electron chi connectivity index (χ0n) is 16.1. The lowest BCUT2D eigenvalue weighted by molar-refractivity contribution is -0.122. The fourth-order valence-electron chi connectivity index (χ4n) is 2.93. The molecular formula is C22H21Cl2N3O2. The summed E-state index contributed by atoms with van der Waals surface area (Å²) < 4.78 is 0. The quantitative estimate of drug-likeness (QED) is 0.576. The van der Waals surface area contributed by atoms with Crippen LogP contribution in [0.1, 0.15) is 6.92 Å². The van der Waals surface area contributed by atoms with E-state index in [1.54, 1.807) is 37.1 Å². The summed E-state index contributed by atoms with van der Waals surface area (Å²) in [7, 11) is 1.71. The molecule has 150 valence electrons. The second kappa shape index (κ2) is 9.27. The van der Waals surface area contributed by atoms with E-state index in [0.29, 0.717) is 10.7 Å². The highest BCUT2D eigenvalue weighted by atomic mass is 35.5. The van der Waals surface area contributed by atoms with E-state index in [0.717, 1.165) is 16.5 Å². The molecule has 3 rings (SSSR count). The molecule has 29 heavy (non-hydrogen) atoms. The number of benzene rings is 3. The number of hydrogen-bond donors (Lipinski definition) is 2. The Balaban J connectivity index is 1.62. The van der Waals surface area contributed by atoms with Crippen molar-refractivity contribution in [1.29, 1.82) is 0 Å². The fraction of sp³-hybridized carbons (Fsp3) is 0.182. The van der Waals surface area contributed by atoms with Gasteiger partial charge in [-0.3, -0.25) is 14.5 Å². The predicted octanol–water partition coefficient (Wildman–Crippen LogP) is 5.04. The Labute approximate surface area is 179 Å². The lowest BCUT2D eigenvalue weighted by Gasteiger charge is -2.23. The lowest BCUT2D eigenvalue weighted by Crippen LogP contribution is -2.43. The molecule has 0 saturated heterocycles. The third-order valence-corrected chi connectivity index (χ3v) is 5.53. The molecule has 0 spiro atoms. The van der Waals surface area contributed by atoms with Crippen molar-refractivity contribution in [2.45, 2.75) is 13.0 Å². The molecule has 3 aromatic rings. The van der Waals surface area contributed by atoms with Crippen LogP contribution in [0.5, 0.6) is 0 Å². The van der Waals surface area contributed by atoms with E-state index in [-0.39, 0.29) is 23.4 Å². The third-order valence-electron chi connectivity index (χ3n) is 4.71. The molecule has 0 radical (unpaired) electrons. The maximum absolute atomic E-state index is 12.5. The molecule has 2 N–H and O–H groups in total. The van der Waals surface area contributed by atoms with E-state index >= 15 is 0 Å². The van der Waals surface area contributed by atoms with Gasteiger partial charge in [0.1, 0.15) is 0 Å². The van der Waals surface area contributed by atoms with Crippen LogP contribution in [-0.4, -0.2) is 36.3 Å². The van der Waals surface area contributed by atoms with E-state index < -0.39 is 6.04 Å². The van der Waals surface area contributed by atoms with Gasteiger partial charge >= 0.3 is 0 Å². The molecule has 0 heterocycles. The number of rotatable bonds is 6. The summed E-state index contributed by atoms with van der Waals surface area (Å²) in [6.07, 6.45) is 0. The van der Waals surface area contributed by atoms with Crippen LogP contribution in [-0.2, 0) is 9.59 Å². The standard InChI is InChI=1S/C22H21Cl2N3O2/c1-14(22(29)26-19-12-6-10-17(23)21(19)24)27(2)13-20(28)25-18-11-5-8-15-7-3-4-9-16(15)18/h3-12,14H,13H2,1-2H3,(H,25,28)(H,26,29). The Morgan fingerprint density at radius 1 is 0.931 bits per heavy atom. The van der Waals surface area contributed by atoms with Crippen LogP contribution in [0.15, 0.2) is 60.7 Å². The number of halogens is 2. The van der Waals surface area contributed by atoms with Crippen molar-refractivity contribution in [2.75, 3.05) is 24.2 Å². The second-order valence-corrected chi connectivity index (χ2v) is 7.54. The number of fused-ring (bicyclic) bond motifs is 1. The molecule has 0 aromatic heterocycles. The Kier molecular flexibility index (Phi) is 6.75. The lowest BCUT2D eigenvalue weighted by atomic mass is 10.1. The molecule has 0 aliphatic carbocycles. The minimum Gasteiger partial charge on any atom is -0.324 e. The monoisotopic (exact) mass is 429 g/mol. The topological polar surface area (TPSA) is 61.4 Å². The SMILES string of the molecule is CC(C(=O)Nc1cccc(Cl)c1Cl)N(C)CC(=O)Nc1cccc2ccccc12. The minimum atomic E-state index is -0.552. The van der Waals surface area contributed by atoms with Crippen LogP contribution in [0.4, 0.5) is 11.4 Å². The van der Waals surface area contributed by atoms with E-state index in [1.807, 2.05) is 42.5 Å². The minimum absolute atomic E-state index is 0.0566. The van der Waals surface area contributed by atoms with E-state index in [4.69, 9.17) is 23.2 Å². The van der Waals surface area contributed by atoms with Crippen molar-refractivity contribution in [3.8, 4) is 0 Å². The summed E-state index contributed by atoms with van der Waals surface area (Å²) in [5, 5.41) is 8.33. The van der Waals surface area contributed by atoms with Gasteiger partial charge in [-0.1, -0.05) is 65.7 Å². The first-order valence-corrected chi connectivity index (χ1v) is 9.85. The molecule has 3 aromatic carbocycles. The van der Waals surface area contributed by atoms with Crippen LogP contribution in [0.2, 0.25) is 10.0 Å². The van der Waals surface area contributed by atoms with Gasteiger partial charge in [-0.2, -0.15) is 0 Å². The van der Waals surface area contributed by atoms with E-state index in [9.17, 15) is 9.59 Å². The molecule has 7 heteroatoms. The van der Waals surface area contributed by atoms with Gasteiger partial charge in [0.25, 0.3) is 0 Å². The van der Waals surface area contributed by atoms with Crippen LogP contribution in [0.25, 0.3) is 10.8 Å². The predicted molar refractivity (Wildman–Crippen MR) is 120 cm³/mol. The maximum Gasteiger partial charge on any atom is 0.241 e. The number of likely N-dealkylation sites (N-methyl/N-ethyl adjacent to an activating group) is 1. The van der Waals surface area contributed by atoms with Crippen LogP contribution >= 0.6 is 23.2 Å². The molecular weight excluding hydrogens is 409 g/mol. The number of anilines is 2. The van der Waals surface area contributed by atoms with Crippen molar-refractivity contribution in [3.63, 3.8) is 0 Å². The largest absolute Gasteiger partial charge is 0.324 e. The Bertz CT molecular complexity index is 1050. The summed E-state index contributed by atoms with van der Waals surface area (Å²) in [6, 6.07) is 18.0. The van der Waals surface area contributed by atoms with Crippen molar-refractivity contribution in [1.82, 2.24) is 4.90 Å². The molecule has 5 nitrogen and oxygen atoms in total. The number of hydrogen-bond acceptors (Lipinski definition) is 3. The molecule has 0 bridgehead atoms. The number of nitrogens with zero attached hydrogens (tertiary/aromatic N) is 1. The first kappa shape index (κ1) is 21.1. The molecule has 0 saturated carbocycles.